The molecule has 3 heteroatoms. The van der Waals surface area contributed by atoms with Crippen LogP contribution < -0.4 is 0 Å². The van der Waals surface area contributed by atoms with E-state index >= 15 is 0 Å². The molecule has 1 aromatic rings. The highest BCUT2D eigenvalue weighted by Crippen LogP contribution is 2.31. The van der Waals surface area contributed by atoms with Crippen LogP contribution in [0.5, 0.6) is 0 Å². The Morgan fingerprint density at radius 2 is 2.29 bits per heavy atom. The van der Waals surface area contributed by atoms with Crippen LogP contribution in [0.25, 0.3) is 0 Å². The van der Waals surface area contributed by atoms with Crippen molar-refractivity contribution in [2.75, 3.05) is 6.54 Å². The minimum absolute atomic E-state index is 0.490. The molecule has 1 atom stereocenters. The Balaban J connectivity index is 2.18. The van der Waals surface area contributed by atoms with Crippen LogP contribution in [0.3, 0.4) is 0 Å². The smallest absolute Gasteiger partial charge is 0.0758 e. The predicted octanol–water partition coefficient (Wildman–Crippen LogP) is 2.02. The van der Waals surface area contributed by atoms with Crippen LogP contribution in [0.4, 0.5) is 0 Å². The number of aromatic nitrogens is 2. The van der Waals surface area contributed by atoms with Crippen LogP contribution in [0.2, 0.25) is 0 Å². The second-order valence-corrected chi connectivity index (χ2v) is 4.12. The molecule has 0 amide bonds. The second kappa shape index (κ2) is 4.05. The molecule has 0 radical (unpaired) electrons. The zero-order valence-corrected chi connectivity index (χ0v) is 8.85. The molecule has 1 aliphatic rings. The summed E-state index contributed by atoms with van der Waals surface area (Å²) < 4.78 is 0. The monoisotopic (exact) mass is 191 g/mol. The molecule has 3 nitrogen and oxygen atoms in total. The summed E-state index contributed by atoms with van der Waals surface area (Å²) in [5, 5.41) is 0. The van der Waals surface area contributed by atoms with Gasteiger partial charge in [-0.25, -0.2) is 0 Å². The van der Waals surface area contributed by atoms with Crippen molar-refractivity contribution in [3.05, 3.63) is 24.3 Å². The summed E-state index contributed by atoms with van der Waals surface area (Å²) in [4.78, 5) is 11.0. The molecule has 2 heterocycles. The Kier molecular flexibility index (Phi) is 2.77. The molecule has 1 fully saturated rings. The van der Waals surface area contributed by atoms with Gasteiger partial charge in [0.05, 0.1) is 11.7 Å². The molecule has 1 saturated heterocycles. The Morgan fingerprint density at radius 3 is 2.93 bits per heavy atom. The summed E-state index contributed by atoms with van der Waals surface area (Å²) in [5.41, 5.74) is 1.12. The molecular formula is C11H17N3. The number of nitrogens with zero attached hydrogens (tertiary/aromatic N) is 3. The average molecular weight is 191 g/mol. The van der Waals surface area contributed by atoms with Gasteiger partial charge in [-0.3, -0.25) is 14.9 Å². The first-order chi connectivity index (χ1) is 6.79. The molecule has 0 spiro atoms. The molecule has 14 heavy (non-hydrogen) atoms. The Labute approximate surface area is 85.2 Å². The number of hydrogen-bond donors (Lipinski definition) is 0. The lowest BCUT2D eigenvalue weighted by Crippen LogP contribution is -2.30. The summed E-state index contributed by atoms with van der Waals surface area (Å²) in [6.45, 7) is 5.68. The fourth-order valence-electron chi connectivity index (χ4n) is 2.21. The summed E-state index contributed by atoms with van der Waals surface area (Å²) in [6.07, 6.45) is 7.91. The molecule has 0 unspecified atom stereocenters. The quantitative estimate of drug-likeness (QED) is 0.716. The van der Waals surface area contributed by atoms with E-state index in [-0.39, 0.29) is 0 Å². The first-order valence-corrected chi connectivity index (χ1v) is 5.30. The lowest BCUT2D eigenvalue weighted by molar-refractivity contribution is 0.202. The summed E-state index contributed by atoms with van der Waals surface area (Å²) in [6, 6.07) is 1.09. The first kappa shape index (κ1) is 9.59. The molecule has 2 rings (SSSR count). The summed E-state index contributed by atoms with van der Waals surface area (Å²) in [5.74, 6) is 0. The lowest BCUT2D eigenvalue weighted by Gasteiger charge is -2.27. The van der Waals surface area contributed by atoms with E-state index in [1.165, 1.54) is 19.4 Å². The van der Waals surface area contributed by atoms with Gasteiger partial charge in [0, 0.05) is 24.6 Å². The van der Waals surface area contributed by atoms with Gasteiger partial charge in [0.2, 0.25) is 0 Å². The van der Waals surface area contributed by atoms with Gasteiger partial charge in [0.15, 0.2) is 0 Å². The summed E-state index contributed by atoms with van der Waals surface area (Å²) in [7, 11) is 0. The van der Waals surface area contributed by atoms with Crippen LogP contribution in [-0.2, 0) is 0 Å². The maximum absolute atomic E-state index is 4.39. The van der Waals surface area contributed by atoms with Crippen molar-refractivity contribution in [2.24, 2.45) is 0 Å². The zero-order valence-electron chi connectivity index (χ0n) is 8.85. The van der Waals surface area contributed by atoms with Crippen LogP contribution in [0.15, 0.2) is 18.6 Å². The van der Waals surface area contributed by atoms with Crippen LogP contribution >= 0.6 is 0 Å². The fraction of sp³-hybridized carbons (Fsp3) is 0.636. The second-order valence-electron chi connectivity index (χ2n) is 4.12. The van der Waals surface area contributed by atoms with E-state index in [0.717, 1.165) is 5.69 Å². The topological polar surface area (TPSA) is 29.0 Å². The Hall–Kier alpha value is -0.960. The molecule has 0 aliphatic carbocycles. The molecule has 0 aromatic carbocycles. The maximum atomic E-state index is 4.39. The van der Waals surface area contributed by atoms with E-state index in [1.807, 2.05) is 6.20 Å². The first-order valence-electron chi connectivity index (χ1n) is 5.30. The highest BCUT2D eigenvalue weighted by atomic mass is 15.2. The third-order valence-corrected chi connectivity index (χ3v) is 2.88. The number of hydrogen-bond acceptors (Lipinski definition) is 3. The van der Waals surface area contributed by atoms with Crippen LogP contribution in [0.1, 0.15) is 38.4 Å². The van der Waals surface area contributed by atoms with Crippen molar-refractivity contribution < 1.29 is 0 Å². The molecule has 0 bridgehead atoms. The normalized spacial score (nSPS) is 23.2. The molecule has 0 N–H and O–H groups in total. The number of rotatable bonds is 2. The molecule has 1 aliphatic heterocycles. The van der Waals surface area contributed by atoms with Crippen molar-refractivity contribution in [3.8, 4) is 0 Å². The van der Waals surface area contributed by atoms with Gasteiger partial charge in [-0.05, 0) is 33.2 Å². The largest absolute Gasteiger partial charge is 0.292 e. The fourth-order valence-corrected chi connectivity index (χ4v) is 2.21. The molecule has 1 aromatic heterocycles. The maximum Gasteiger partial charge on any atom is 0.0758 e. The molecule has 76 valence electrons. The van der Waals surface area contributed by atoms with Gasteiger partial charge in [-0.2, -0.15) is 0 Å². The van der Waals surface area contributed by atoms with Crippen molar-refractivity contribution in [2.45, 2.75) is 38.8 Å². The Bertz CT molecular complexity index is 284. The lowest BCUT2D eigenvalue weighted by atomic mass is 10.1. The van der Waals surface area contributed by atoms with E-state index in [4.69, 9.17) is 0 Å². The van der Waals surface area contributed by atoms with Gasteiger partial charge >= 0.3 is 0 Å². The third kappa shape index (κ3) is 1.77. The van der Waals surface area contributed by atoms with Crippen molar-refractivity contribution in [1.82, 2.24) is 14.9 Å². The SMILES string of the molecule is CC(C)N1CCC[C@@H]1c1cnccn1. The molecule has 0 saturated carbocycles. The van der Waals surface area contributed by atoms with E-state index < -0.39 is 0 Å². The van der Waals surface area contributed by atoms with E-state index in [1.54, 1.807) is 12.4 Å². The van der Waals surface area contributed by atoms with E-state index in [0.29, 0.717) is 12.1 Å². The third-order valence-electron chi connectivity index (χ3n) is 2.88. The predicted molar refractivity (Wildman–Crippen MR) is 55.8 cm³/mol. The average Bonchev–Trinajstić information content (AvgIpc) is 2.67. The van der Waals surface area contributed by atoms with Crippen LogP contribution in [0, 0.1) is 0 Å². The van der Waals surface area contributed by atoms with Crippen molar-refractivity contribution in [1.29, 1.82) is 0 Å². The minimum atomic E-state index is 0.490. The van der Waals surface area contributed by atoms with Gasteiger partial charge in [0.1, 0.15) is 0 Å². The standard InChI is InChI=1S/C11H17N3/c1-9(2)14-7-3-4-11(14)10-8-12-5-6-13-10/h5-6,8-9,11H,3-4,7H2,1-2H3/t11-/m1/s1. The molecular weight excluding hydrogens is 174 g/mol. The van der Waals surface area contributed by atoms with Gasteiger partial charge in [0.25, 0.3) is 0 Å². The summed E-state index contributed by atoms with van der Waals surface area (Å²) >= 11 is 0. The van der Waals surface area contributed by atoms with Crippen molar-refractivity contribution >= 4 is 0 Å². The van der Waals surface area contributed by atoms with Crippen molar-refractivity contribution in [3.63, 3.8) is 0 Å². The van der Waals surface area contributed by atoms with E-state index in [9.17, 15) is 0 Å². The number of likely N-dealkylation sites (tertiary alicyclic amines) is 1. The van der Waals surface area contributed by atoms with Crippen LogP contribution in [-0.4, -0.2) is 27.5 Å². The Morgan fingerprint density at radius 1 is 1.43 bits per heavy atom. The zero-order chi connectivity index (χ0) is 9.97. The van der Waals surface area contributed by atoms with Gasteiger partial charge < -0.3 is 0 Å². The highest BCUT2D eigenvalue weighted by molar-refractivity contribution is 5.05. The van der Waals surface area contributed by atoms with Gasteiger partial charge in [-0.1, -0.05) is 0 Å². The van der Waals surface area contributed by atoms with E-state index in [2.05, 4.69) is 28.7 Å². The van der Waals surface area contributed by atoms with Gasteiger partial charge in [-0.15, -0.1) is 0 Å². The minimum Gasteiger partial charge on any atom is -0.292 e. The highest BCUT2D eigenvalue weighted by Gasteiger charge is 2.28.